The van der Waals surface area contributed by atoms with Gasteiger partial charge in [-0.25, -0.2) is 8.78 Å². The third-order valence-electron chi connectivity index (χ3n) is 2.73. The molecular weight excluding hydrogens is 239 g/mol. The molecule has 0 rings (SSSR count). The molecule has 0 aliphatic carbocycles. The Morgan fingerprint density at radius 3 is 1.65 bits per heavy atom. The van der Waals surface area contributed by atoms with Gasteiger partial charge in [0.2, 0.25) is 5.67 Å². The largest absolute Gasteiger partial charge is 0.422 e. The van der Waals surface area contributed by atoms with Gasteiger partial charge in [0.15, 0.2) is 0 Å². The van der Waals surface area contributed by atoms with Gasteiger partial charge in [0.05, 0.1) is 0 Å². The van der Waals surface area contributed by atoms with Crippen LogP contribution in [0.4, 0.5) is 22.0 Å². The van der Waals surface area contributed by atoms with Crippen molar-refractivity contribution >= 4 is 0 Å². The molecule has 0 spiro atoms. The molecule has 0 aromatic heterocycles. The molecule has 0 fully saturated rings. The van der Waals surface area contributed by atoms with Gasteiger partial charge < -0.3 is 0 Å². The van der Waals surface area contributed by atoms with Crippen molar-refractivity contribution in [1.29, 1.82) is 0 Å². The summed E-state index contributed by atoms with van der Waals surface area (Å²) >= 11 is 0. The van der Waals surface area contributed by atoms with Crippen molar-refractivity contribution in [2.24, 2.45) is 5.92 Å². The van der Waals surface area contributed by atoms with Crippen LogP contribution >= 0.6 is 0 Å². The smallest absolute Gasteiger partial charge is 0.244 e. The van der Waals surface area contributed by atoms with Crippen LogP contribution in [0.25, 0.3) is 0 Å². The summed E-state index contributed by atoms with van der Waals surface area (Å²) in [6.07, 6.45) is -4.58. The molecule has 0 amide bonds. The zero-order chi connectivity index (χ0) is 13.9. The van der Waals surface area contributed by atoms with Gasteiger partial charge in [0, 0.05) is 0 Å². The molecular formula is C12H21F5. The van der Waals surface area contributed by atoms with Gasteiger partial charge in [-0.3, -0.25) is 0 Å². The summed E-state index contributed by atoms with van der Waals surface area (Å²) in [5.41, 5.74) is -4.81. The van der Waals surface area contributed by atoms with E-state index in [2.05, 4.69) is 0 Å². The van der Waals surface area contributed by atoms with Crippen LogP contribution in [0.1, 0.15) is 53.4 Å². The van der Waals surface area contributed by atoms with Gasteiger partial charge in [-0.05, 0) is 39.5 Å². The predicted molar refractivity (Wildman–Crippen MR) is 58.4 cm³/mol. The quantitative estimate of drug-likeness (QED) is 0.574. The number of hydrogen-bond donors (Lipinski definition) is 0. The summed E-state index contributed by atoms with van der Waals surface area (Å²) in [6, 6.07) is 0. The van der Waals surface area contributed by atoms with Crippen molar-refractivity contribution in [2.45, 2.75) is 70.9 Å². The van der Waals surface area contributed by atoms with Crippen molar-refractivity contribution < 1.29 is 22.0 Å². The summed E-state index contributed by atoms with van der Waals surface area (Å²) < 4.78 is 64.1. The Hall–Kier alpha value is -0.350. The predicted octanol–water partition coefficient (Wildman–Crippen LogP) is 5.22. The molecule has 0 aromatic rings. The molecule has 0 nitrogen and oxygen atoms in total. The maximum Gasteiger partial charge on any atom is 0.422 e. The normalized spacial score (nSPS) is 18.9. The highest BCUT2D eigenvalue weighted by Gasteiger charge is 2.52. The first-order chi connectivity index (χ1) is 7.39. The fraction of sp³-hybridized carbons (Fsp3) is 1.00. The van der Waals surface area contributed by atoms with E-state index in [1.54, 1.807) is 6.92 Å². The molecule has 0 heterocycles. The molecule has 0 N–H and O–H groups in total. The van der Waals surface area contributed by atoms with Crippen LogP contribution in [0.5, 0.6) is 0 Å². The van der Waals surface area contributed by atoms with E-state index in [1.807, 2.05) is 0 Å². The van der Waals surface area contributed by atoms with Crippen molar-refractivity contribution in [3.63, 3.8) is 0 Å². The summed E-state index contributed by atoms with van der Waals surface area (Å²) in [6.45, 7) is 4.93. The molecule has 2 atom stereocenters. The van der Waals surface area contributed by atoms with E-state index < -0.39 is 29.9 Å². The van der Waals surface area contributed by atoms with Gasteiger partial charge in [0.1, 0.15) is 5.67 Å². The van der Waals surface area contributed by atoms with Gasteiger partial charge in [0.25, 0.3) is 0 Å². The van der Waals surface area contributed by atoms with Crippen molar-refractivity contribution in [1.82, 2.24) is 0 Å². The van der Waals surface area contributed by atoms with E-state index in [0.29, 0.717) is 19.8 Å². The zero-order valence-corrected chi connectivity index (χ0v) is 10.8. The van der Waals surface area contributed by atoms with Crippen LogP contribution < -0.4 is 0 Å². The van der Waals surface area contributed by atoms with E-state index >= 15 is 0 Å². The first kappa shape index (κ1) is 16.6. The van der Waals surface area contributed by atoms with Crippen LogP contribution in [0.3, 0.4) is 0 Å². The fourth-order valence-corrected chi connectivity index (χ4v) is 2.03. The van der Waals surface area contributed by atoms with Crippen LogP contribution in [0, 0.1) is 5.92 Å². The Balaban J connectivity index is 4.65. The Bertz CT molecular complexity index is 224. The van der Waals surface area contributed by atoms with Crippen molar-refractivity contribution in [3.8, 4) is 0 Å². The Morgan fingerprint density at radius 2 is 1.35 bits per heavy atom. The first-order valence-electron chi connectivity index (χ1n) is 5.83. The van der Waals surface area contributed by atoms with E-state index in [0.717, 1.165) is 0 Å². The average molecular weight is 260 g/mol. The second-order valence-corrected chi connectivity index (χ2v) is 5.48. The monoisotopic (exact) mass is 260 g/mol. The molecule has 5 heteroatoms. The minimum atomic E-state index is -4.89. The summed E-state index contributed by atoms with van der Waals surface area (Å²) in [5, 5.41) is 0. The maximum absolute atomic E-state index is 13.5. The van der Waals surface area contributed by atoms with Crippen LogP contribution in [-0.2, 0) is 0 Å². The molecule has 0 radical (unpaired) electrons. The topological polar surface area (TPSA) is 0 Å². The van der Waals surface area contributed by atoms with Crippen molar-refractivity contribution in [3.05, 3.63) is 0 Å². The first-order valence-corrected chi connectivity index (χ1v) is 5.83. The number of halogens is 5. The Morgan fingerprint density at radius 1 is 0.882 bits per heavy atom. The summed E-state index contributed by atoms with van der Waals surface area (Å²) in [5.74, 6) is -0.586. The van der Waals surface area contributed by atoms with Gasteiger partial charge in [-0.1, -0.05) is 19.8 Å². The highest BCUT2D eigenvalue weighted by Crippen LogP contribution is 2.41. The van der Waals surface area contributed by atoms with Crippen molar-refractivity contribution in [2.75, 3.05) is 0 Å². The minimum Gasteiger partial charge on any atom is -0.244 e. The lowest BCUT2D eigenvalue weighted by Crippen LogP contribution is -2.40. The van der Waals surface area contributed by atoms with Crippen LogP contribution in [0.2, 0.25) is 0 Å². The lowest BCUT2D eigenvalue weighted by molar-refractivity contribution is -0.230. The Kier molecular flexibility index (Phi) is 5.41. The minimum absolute atomic E-state index is 0.0452. The fourth-order valence-electron chi connectivity index (χ4n) is 2.03. The molecule has 0 saturated heterocycles. The van der Waals surface area contributed by atoms with Gasteiger partial charge >= 0.3 is 6.18 Å². The second kappa shape index (κ2) is 5.53. The zero-order valence-electron chi connectivity index (χ0n) is 10.8. The average Bonchev–Trinajstić information content (AvgIpc) is 1.97. The molecule has 0 bridgehead atoms. The standard InChI is InChI=1S/C12H21F5/c1-5-6-9(7-10(2,3)13)8-11(4,14)12(15,16)17/h9H,5-8H2,1-4H3. The molecule has 17 heavy (non-hydrogen) atoms. The summed E-state index contributed by atoms with van der Waals surface area (Å²) in [7, 11) is 0. The lowest BCUT2D eigenvalue weighted by Gasteiger charge is -2.30. The molecule has 0 aliphatic rings. The molecule has 104 valence electrons. The Labute approximate surface area is 99.6 Å². The highest BCUT2D eigenvalue weighted by atomic mass is 19.4. The van der Waals surface area contributed by atoms with Gasteiger partial charge in [-0.15, -0.1) is 0 Å². The summed E-state index contributed by atoms with van der Waals surface area (Å²) in [4.78, 5) is 0. The van der Waals surface area contributed by atoms with E-state index in [-0.39, 0.29) is 6.42 Å². The SMILES string of the molecule is CCCC(CC(C)(C)F)CC(C)(F)C(F)(F)F. The van der Waals surface area contributed by atoms with E-state index in [4.69, 9.17) is 0 Å². The third kappa shape index (κ3) is 6.22. The number of alkyl halides is 5. The molecule has 0 aliphatic heterocycles. The maximum atomic E-state index is 13.5. The molecule has 2 unspecified atom stereocenters. The van der Waals surface area contributed by atoms with E-state index in [1.165, 1.54) is 13.8 Å². The van der Waals surface area contributed by atoms with Crippen LogP contribution in [0.15, 0.2) is 0 Å². The molecule has 0 aromatic carbocycles. The van der Waals surface area contributed by atoms with E-state index in [9.17, 15) is 22.0 Å². The lowest BCUT2D eigenvalue weighted by atomic mass is 9.83. The molecule has 0 saturated carbocycles. The third-order valence-corrected chi connectivity index (χ3v) is 2.73. The number of rotatable bonds is 6. The van der Waals surface area contributed by atoms with Gasteiger partial charge in [-0.2, -0.15) is 13.2 Å². The number of hydrogen-bond acceptors (Lipinski definition) is 0. The highest BCUT2D eigenvalue weighted by molar-refractivity contribution is 4.86. The second-order valence-electron chi connectivity index (χ2n) is 5.48. The van der Waals surface area contributed by atoms with Crippen LogP contribution in [-0.4, -0.2) is 17.5 Å².